The maximum absolute atomic E-state index is 12.5. The molecule has 2 aromatic rings. The number of alkyl carbamates (subject to hydrolysis) is 1. The number of hydrogen-bond acceptors (Lipinski definition) is 5. The van der Waals surface area contributed by atoms with Crippen molar-refractivity contribution in [1.82, 2.24) is 10.6 Å². The second kappa shape index (κ2) is 9.92. The van der Waals surface area contributed by atoms with Crippen molar-refractivity contribution in [2.45, 2.75) is 37.3 Å². The molecule has 0 radical (unpaired) electrons. The van der Waals surface area contributed by atoms with Crippen LogP contribution in [0.2, 0.25) is 0 Å². The Bertz CT molecular complexity index is 1130. The largest absolute Gasteiger partial charge is 0.481 e. The summed E-state index contributed by atoms with van der Waals surface area (Å²) in [6.07, 6.45) is 2.38. The van der Waals surface area contributed by atoms with Crippen molar-refractivity contribution in [3.8, 4) is 11.1 Å². The van der Waals surface area contributed by atoms with Crippen LogP contribution >= 0.6 is 0 Å². The quantitative estimate of drug-likeness (QED) is 0.566. The molecule has 5 rings (SSSR count). The number of carboxylic acid groups (broad SMARTS) is 1. The van der Waals surface area contributed by atoms with E-state index in [1.165, 1.54) is 11.1 Å². The smallest absolute Gasteiger partial charge is 0.407 e. The molecule has 1 heterocycles. The Labute approximate surface area is 203 Å². The summed E-state index contributed by atoms with van der Waals surface area (Å²) in [6.45, 7) is 0.682. The summed E-state index contributed by atoms with van der Waals surface area (Å²) in [7, 11) is 0. The van der Waals surface area contributed by atoms with E-state index in [2.05, 4.69) is 34.9 Å². The molecular formula is C27H28N2O6. The van der Waals surface area contributed by atoms with Crippen LogP contribution in [-0.2, 0) is 19.1 Å². The van der Waals surface area contributed by atoms with Gasteiger partial charge in [0.15, 0.2) is 0 Å². The van der Waals surface area contributed by atoms with Gasteiger partial charge in [0, 0.05) is 24.1 Å². The summed E-state index contributed by atoms with van der Waals surface area (Å²) in [5.41, 5.74) is 5.26. The third-order valence-corrected chi connectivity index (χ3v) is 6.99. The van der Waals surface area contributed by atoms with E-state index in [-0.39, 0.29) is 43.7 Å². The van der Waals surface area contributed by atoms with Gasteiger partial charge in [-0.1, -0.05) is 54.6 Å². The fourth-order valence-electron chi connectivity index (χ4n) is 5.16. The molecule has 2 aliphatic carbocycles. The van der Waals surface area contributed by atoms with Crippen LogP contribution in [0, 0.1) is 5.92 Å². The number of fused-ring (bicyclic) bond motifs is 3. The molecule has 0 bridgehead atoms. The number of amides is 2. The summed E-state index contributed by atoms with van der Waals surface area (Å²) in [6, 6.07) is 16.2. The molecule has 1 saturated heterocycles. The van der Waals surface area contributed by atoms with E-state index in [9.17, 15) is 14.4 Å². The molecular weight excluding hydrogens is 448 g/mol. The molecule has 1 aliphatic heterocycles. The molecule has 182 valence electrons. The highest BCUT2D eigenvalue weighted by Crippen LogP contribution is 2.44. The van der Waals surface area contributed by atoms with Crippen molar-refractivity contribution < 1.29 is 29.0 Å². The molecule has 3 N–H and O–H groups in total. The molecule has 2 aromatic carbocycles. The summed E-state index contributed by atoms with van der Waals surface area (Å²) in [4.78, 5) is 36.0. The second-order valence-electron chi connectivity index (χ2n) is 9.27. The van der Waals surface area contributed by atoms with E-state index in [1.54, 1.807) is 0 Å². The fourth-order valence-corrected chi connectivity index (χ4v) is 5.16. The minimum Gasteiger partial charge on any atom is -0.481 e. The van der Waals surface area contributed by atoms with Crippen molar-refractivity contribution in [2.75, 3.05) is 19.8 Å². The van der Waals surface area contributed by atoms with Gasteiger partial charge in [-0.3, -0.25) is 9.59 Å². The molecule has 0 saturated carbocycles. The molecule has 0 spiro atoms. The van der Waals surface area contributed by atoms with Crippen LogP contribution in [0.25, 0.3) is 11.1 Å². The lowest BCUT2D eigenvalue weighted by Crippen LogP contribution is -2.36. The van der Waals surface area contributed by atoms with Crippen molar-refractivity contribution in [2.24, 2.45) is 5.92 Å². The lowest BCUT2D eigenvalue weighted by Gasteiger charge is -2.17. The van der Waals surface area contributed by atoms with Gasteiger partial charge >= 0.3 is 12.1 Å². The maximum atomic E-state index is 12.5. The number of ether oxygens (including phenoxy) is 2. The Morgan fingerprint density at radius 3 is 2.37 bits per heavy atom. The monoisotopic (exact) mass is 476 g/mol. The minimum absolute atomic E-state index is 0.00489. The number of carbonyl (C=O) groups excluding carboxylic acids is 2. The lowest BCUT2D eigenvalue weighted by molar-refractivity contribution is -0.141. The highest BCUT2D eigenvalue weighted by molar-refractivity contribution is 5.94. The van der Waals surface area contributed by atoms with E-state index >= 15 is 0 Å². The number of rotatable bonds is 7. The molecule has 1 fully saturated rings. The zero-order valence-electron chi connectivity index (χ0n) is 19.2. The van der Waals surface area contributed by atoms with Gasteiger partial charge in [0.25, 0.3) is 0 Å². The molecule has 3 unspecified atom stereocenters. The summed E-state index contributed by atoms with van der Waals surface area (Å²) in [5, 5.41) is 14.7. The van der Waals surface area contributed by atoms with E-state index in [0.717, 1.165) is 11.1 Å². The van der Waals surface area contributed by atoms with Gasteiger partial charge in [-0.2, -0.15) is 0 Å². The van der Waals surface area contributed by atoms with Gasteiger partial charge in [0.1, 0.15) is 6.61 Å². The van der Waals surface area contributed by atoms with Crippen molar-refractivity contribution in [3.05, 3.63) is 71.3 Å². The van der Waals surface area contributed by atoms with Crippen molar-refractivity contribution in [1.29, 1.82) is 0 Å². The normalized spacial score (nSPS) is 22.7. The second-order valence-corrected chi connectivity index (χ2v) is 9.27. The average Bonchev–Trinajstić information content (AvgIpc) is 3.59. The van der Waals surface area contributed by atoms with Crippen molar-refractivity contribution in [3.63, 3.8) is 0 Å². The number of carbonyl (C=O) groups is 3. The summed E-state index contributed by atoms with van der Waals surface area (Å²) in [5.74, 6) is -1.62. The van der Waals surface area contributed by atoms with E-state index in [1.807, 2.05) is 30.3 Å². The Morgan fingerprint density at radius 1 is 1.03 bits per heavy atom. The van der Waals surface area contributed by atoms with Gasteiger partial charge in [-0.25, -0.2) is 4.79 Å². The van der Waals surface area contributed by atoms with Gasteiger partial charge in [-0.15, -0.1) is 0 Å². The first-order valence-electron chi connectivity index (χ1n) is 11.9. The fraction of sp³-hybridized carbons (Fsp3) is 0.370. The van der Waals surface area contributed by atoms with E-state index in [0.29, 0.717) is 24.8 Å². The van der Waals surface area contributed by atoms with Gasteiger partial charge < -0.3 is 25.2 Å². The molecule has 35 heavy (non-hydrogen) atoms. The first kappa shape index (κ1) is 23.1. The van der Waals surface area contributed by atoms with Crippen LogP contribution in [0.5, 0.6) is 0 Å². The Morgan fingerprint density at radius 2 is 1.71 bits per heavy atom. The highest BCUT2D eigenvalue weighted by atomic mass is 16.5. The van der Waals surface area contributed by atoms with E-state index in [4.69, 9.17) is 14.6 Å². The van der Waals surface area contributed by atoms with Crippen LogP contribution in [0.4, 0.5) is 4.79 Å². The number of benzene rings is 2. The first-order chi connectivity index (χ1) is 17.0. The van der Waals surface area contributed by atoms with Crippen LogP contribution < -0.4 is 10.6 Å². The highest BCUT2D eigenvalue weighted by Gasteiger charge is 2.32. The van der Waals surface area contributed by atoms with Crippen LogP contribution in [0.15, 0.2) is 60.2 Å². The Kier molecular flexibility index (Phi) is 6.55. The Balaban J connectivity index is 1.08. The predicted molar refractivity (Wildman–Crippen MR) is 128 cm³/mol. The molecule has 2 amide bonds. The third kappa shape index (κ3) is 4.93. The van der Waals surface area contributed by atoms with Crippen molar-refractivity contribution >= 4 is 18.0 Å². The number of aliphatic carboxylic acids is 1. The van der Waals surface area contributed by atoms with Gasteiger partial charge in [0.2, 0.25) is 5.91 Å². The average molecular weight is 477 g/mol. The molecule has 8 nitrogen and oxygen atoms in total. The topological polar surface area (TPSA) is 114 Å². The lowest BCUT2D eigenvalue weighted by atomic mass is 9.98. The molecule has 0 aromatic heterocycles. The zero-order chi connectivity index (χ0) is 24.4. The van der Waals surface area contributed by atoms with Gasteiger partial charge in [0.05, 0.1) is 18.6 Å². The van der Waals surface area contributed by atoms with Crippen LogP contribution in [-0.4, -0.2) is 55.0 Å². The molecule has 8 heteroatoms. The number of hydrogen-bond donors (Lipinski definition) is 3. The maximum Gasteiger partial charge on any atom is 0.407 e. The minimum atomic E-state index is -0.875. The molecule has 3 aliphatic rings. The third-order valence-electron chi connectivity index (χ3n) is 6.99. The zero-order valence-corrected chi connectivity index (χ0v) is 19.2. The summed E-state index contributed by atoms with van der Waals surface area (Å²) >= 11 is 0. The number of nitrogens with one attached hydrogen (secondary N) is 2. The van der Waals surface area contributed by atoms with Crippen LogP contribution in [0.1, 0.15) is 36.3 Å². The van der Waals surface area contributed by atoms with Gasteiger partial charge in [-0.05, 0) is 41.5 Å². The first-order valence-corrected chi connectivity index (χ1v) is 11.9. The predicted octanol–water partition coefficient (Wildman–Crippen LogP) is 3.22. The SMILES string of the molecule is O=C(NC1CC=C(C(=O)NCC2CC(C(=O)O)CO2)C1)OCC1c2ccccc2-c2ccccc21. The van der Waals surface area contributed by atoms with E-state index < -0.39 is 18.0 Å². The van der Waals surface area contributed by atoms with Crippen LogP contribution in [0.3, 0.4) is 0 Å². The Hall–Kier alpha value is -3.65. The summed E-state index contributed by atoms with van der Waals surface area (Å²) < 4.78 is 11.0. The molecule has 3 atom stereocenters. The standard InChI is InChI=1S/C27H28N2O6/c30-25(28-13-19-12-17(14-34-19)26(31)32)16-9-10-18(11-16)29-27(33)35-15-24-22-7-3-1-5-20(22)21-6-2-4-8-23(21)24/h1-9,17-19,24H,10-15H2,(H,28,30)(H,29,33)(H,31,32). The number of carboxylic acids is 1.